The zero-order chi connectivity index (χ0) is 24.5. The van der Waals surface area contributed by atoms with Crippen LogP contribution >= 0.6 is 15.9 Å². The molecule has 1 amide bonds. The Kier molecular flexibility index (Phi) is 9.72. The van der Waals surface area contributed by atoms with Gasteiger partial charge in [-0.25, -0.2) is 14.2 Å². The van der Waals surface area contributed by atoms with E-state index in [4.69, 9.17) is 9.47 Å². The number of hydrogen-bond donors (Lipinski definition) is 0. The highest BCUT2D eigenvalue weighted by Crippen LogP contribution is 2.34. The fraction of sp³-hybridized carbons (Fsp3) is 0.333. The van der Waals surface area contributed by atoms with E-state index in [2.05, 4.69) is 27.5 Å². The van der Waals surface area contributed by atoms with Crippen molar-refractivity contribution >= 4 is 39.5 Å². The van der Waals surface area contributed by atoms with E-state index in [1.165, 1.54) is 29.3 Å². The molecule has 7 nitrogen and oxygen atoms in total. The Balaban J connectivity index is 2.57. The summed E-state index contributed by atoms with van der Waals surface area (Å²) in [7, 11) is 0. The number of ether oxygens (including phenoxy) is 2. The number of benzene rings is 1. The number of esters is 2. The molecule has 33 heavy (non-hydrogen) atoms. The molecule has 0 N–H and O–H groups in total. The van der Waals surface area contributed by atoms with Gasteiger partial charge in [0.1, 0.15) is 12.2 Å². The molecule has 0 radical (unpaired) electrons. The largest absolute Gasteiger partial charge is 0.466 e. The molecule has 0 aliphatic heterocycles. The van der Waals surface area contributed by atoms with Gasteiger partial charge in [0.25, 0.3) is 0 Å². The Morgan fingerprint density at radius 1 is 1.24 bits per heavy atom. The summed E-state index contributed by atoms with van der Waals surface area (Å²) in [6.07, 6.45) is 2.40. The third-order valence-electron chi connectivity index (χ3n) is 4.39. The molecular weight excluding hydrogens is 495 g/mol. The van der Waals surface area contributed by atoms with Crippen molar-refractivity contribution in [2.75, 3.05) is 18.1 Å². The minimum absolute atomic E-state index is 0.0144. The minimum Gasteiger partial charge on any atom is -0.466 e. The second-order valence-corrected chi connectivity index (χ2v) is 8.12. The predicted molar refractivity (Wildman–Crippen MR) is 125 cm³/mol. The number of carbonyl (C=O) groups excluding carboxylic acids is 3. The van der Waals surface area contributed by atoms with Crippen LogP contribution in [0.4, 0.5) is 10.1 Å². The van der Waals surface area contributed by atoms with Crippen molar-refractivity contribution in [2.45, 2.75) is 39.7 Å². The normalized spacial score (nSPS) is 10.6. The number of hydrogen-bond acceptors (Lipinski definition) is 6. The van der Waals surface area contributed by atoms with E-state index in [0.717, 1.165) is 5.56 Å². The fourth-order valence-corrected chi connectivity index (χ4v) is 3.65. The molecule has 0 aliphatic rings. The quantitative estimate of drug-likeness (QED) is 0.258. The van der Waals surface area contributed by atoms with Gasteiger partial charge in [-0.1, -0.05) is 18.2 Å². The zero-order valence-electron chi connectivity index (χ0n) is 18.8. The number of anilines is 1. The van der Waals surface area contributed by atoms with Gasteiger partial charge in [-0.3, -0.25) is 9.59 Å². The van der Waals surface area contributed by atoms with E-state index >= 15 is 0 Å². The second kappa shape index (κ2) is 12.2. The lowest BCUT2D eigenvalue weighted by Crippen LogP contribution is -2.35. The van der Waals surface area contributed by atoms with Gasteiger partial charge in [-0.15, -0.1) is 6.58 Å². The van der Waals surface area contributed by atoms with E-state index in [1.807, 2.05) is 0 Å². The molecule has 0 unspecified atom stereocenters. The first kappa shape index (κ1) is 26.2. The first-order chi connectivity index (χ1) is 15.7. The maximum Gasteiger partial charge on any atom is 0.359 e. The number of pyridine rings is 1. The van der Waals surface area contributed by atoms with Gasteiger partial charge in [0, 0.05) is 23.6 Å². The van der Waals surface area contributed by atoms with Crippen molar-refractivity contribution in [2.24, 2.45) is 0 Å². The molecule has 0 fully saturated rings. The van der Waals surface area contributed by atoms with Crippen LogP contribution in [0.25, 0.3) is 0 Å². The van der Waals surface area contributed by atoms with Gasteiger partial charge in [-0.05, 0) is 60.0 Å². The van der Waals surface area contributed by atoms with E-state index in [1.54, 1.807) is 32.9 Å². The molecular formula is C24H26BrFN2O5. The summed E-state index contributed by atoms with van der Waals surface area (Å²) in [4.78, 5) is 43.3. The minimum atomic E-state index is -0.716. The molecule has 0 atom stereocenters. The Morgan fingerprint density at radius 2 is 1.91 bits per heavy atom. The number of aromatic nitrogens is 1. The average molecular weight is 521 g/mol. The van der Waals surface area contributed by atoms with Crippen LogP contribution in [0.2, 0.25) is 0 Å². The molecule has 2 aromatic rings. The predicted octanol–water partition coefficient (Wildman–Crippen LogP) is 4.61. The zero-order valence-corrected chi connectivity index (χ0v) is 20.4. The van der Waals surface area contributed by atoms with E-state index < -0.39 is 30.4 Å². The molecule has 0 bridgehead atoms. The van der Waals surface area contributed by atoms with Crippen molar-refractivity contribution in [3.8, 4) is 0 Å². The maximum absolute atomic E-state index is 13.3. The van der Waals surface area contributed by atoms with Gasteiger partial charge in [-0.2, -0.15) is 0 Å². The lowest BCUT2D eigenvalue weighted by atomic mass is 10.0. The lowest BCUT2D eigenvalue weighted by Gasteiger charge is -2.25. The van der Waals surface area contributed by atoms with Crippen LogP contribution in [0.3, 0.4) is 0 Å². The van der Waals surface area contributed by atoms with E-state index in [9.17, 15) is 18.8 Å². The van der Waals surface area contributed by atoms with Crippen LogP contribution in [-0.2, 0) is 25.5 Å². The number of halogens is 2. The summed E-state index contributed by atoms with van der Waals surface area (Å²) in [5.74, 6) is -2.35. The molecule has 1 aromatic heterocycles. The highest BCUT2D eigenvalue weighted by molar-refractivity contribution is 9.10. The molecule has 1 aromatic carbocycles. The van der Waals surface area contributed by atoms with Crippen LogP contribution in [0.5, 0.6) is 0 Å². The Morgan fingerprint density at radius 3 is 2.48 bits per heavy atom. The molecule has 0 saturated carbocycles. The molecule has 176 valence electrons. The van der Waals surface area contributed by atoms with Crippen molar-refractivity contribution < 1.29 is 28.2 Å². The number of carbonyl (C=O) groups is 3. The highest BCUT2D eigenvalue weighted by Gasteiger charge is 2.29. The Hall–Kier alpha value is -3.07. The van der Waals surface area contributed by atoms with Gasteiger partial charge in [0.05, 0.1) is 18.4 Å². The third kappa shape index (κ3) is 7.21. The molecule has 1 heterocycles. The van der Waals surface area contributed by atoms with Crippen LogP contribution < -0.4 is 4.90 Å². The topological polar surface area (TPSA) is 85.8 Å². The van der Waals surface area contributed by atoms with Crippen LogP contribution in [0, 0.1) is 5.82 Å². The monoisotopic (exact) mass is 520 g/mol. The van der Waals surface area contributed by atoms with E-state index in [0.29, 0.717) is 16.5 Å². The van der Waals surface area contributed by atoms with Crippen LogP contribution in [0.1, 0.15) is 48.8 Å². The van der Waals surface area contributed by atoms with E-state index in [-0.39, 0.29) is 30.4 Å². The van der Waals surface area contributed by atoms with Crippen molar-refractivity contribution in [3.05, 3.63) is 70.2 Å². The Labute approximate surface area is 200 Å². The molecule has 0 aliphatic carbocycles. The summed E-state index contributed by atoms with van der Waals surface area (Å²) in [6.45, 7) is 8.87. The van der Waals surface area contributed by atoms with Crippen molar-refractivity contribution in [1.82, 2.24) is 4.98 Å². The molecule has 2 rings (SSSR count). The summed E-state index contributed by atoms with van der Waals surface area (Å²) in [5.41, 5.74) is 1.53. The third-order valence-corrected chi connectivity index (χ3v) is 5.28. The maximum atomic E-state index is 13.3. The average Bonchev–Trinajstić information content (AvgIpc) is 2.74. The second-order valence-electron chi connectivity index (χ2n) is 7.33. The van der Waals surface area contributed by atoms with Crippen LogP contribution in [-0.4, -0.2) is 42.1 Å². The standard InChI is InChI=1S/C24H26BrFN2O5/c1-5-11-28(19(29)13-20(30)32-6-2)23-21(25)17(12-16-7-9-18(26)10-8-16)14-27-22(23)24(31)33-15(3)4/h5,7-10,14-15H,1,6,11-13H2,2-4H3. The summed E-state index contributed by atoms with van der Waals surface area (Å²) < 4.78 is 23.9. The van der Waals surface area contributed by atoms with Gasteiger partial charge < -0.3 is 14.4 Å². The van der Waals surface area contributed by atoms with Gasteiger partial charge >= 0.3 is 11.9 Å². The number of nitrogens with zero attached hydrogens (tertiary/aromatic N) is 2. The molecule has 0 spiro atoms. The number of amides is 1. The first-order valence-corrected chi connectivity index (χ1v) is 11.2. The summed E-state index contributed by atoms with van der Waals surface area (Å²) in [6, 6.07) is 5.96. The summed E-state index contributed by atoms with van der Waals surface area (Å²) in [5, 5.41) is 0. The fourth-order valence-electron chi connectivity index (χ4n) is 3.01. The van der Waals surface area contributed by atoms with Crippen LogP contribution in [0.15, 0.2) is 47.6 Å². The van der Waals surface area contributed by atoms with Crippen molar-refractivity contribution in [3.63, 3.8) is 0 Å². The lowest BCUT2D eigenvalue weighted by molar-refractivity contribution is -0.145. The first-order valence-electron chi connectivity index (χ1n) is 10.4. The smallest absolute Gasteiger partial charge is 0.359 e. The molecule has 9 heteroatoms. The highest BCUT2D eigenvalue weighted by atomic mass is 79.9. The van der Waals surface area contributed by atoms with Gasteiger partial charge in [0.15, 0.2) is 5.69 Å². The summed E-state index contributed by atoms with van der Waals surface area (Å²) >= 11 is 3.51. The number of rotatable bonds is 10. The van der Waals surface area contributed by atoms with Gasteiger partial charge in [0.2, 0.25) is 5.91 Å². The SMILES string of the molecule is C=CCN(C(=O)CC(=O)OCC)c1c(C(=O)OC(C)C)ncc(Cc2ccc(F)cc2)c1Br. The Bertz CT molecular complexity index is 1020. The molecule has 0 saturated heterocycles. The van der Waals surface area contributed by atoms with Crippen molar-refractivity contribution in [1.29, 1.82) is 0 Å².